The van der Waals surface area contributed by atoms with Gasteiger partial charge in [-0.25, -0.2) is 0 Å². The van der Waals surface area contributed by atoms with Gasteiger partial charge in [-0.15, -0.1) is 0 Å². The molecule has 0 amide bonds. The van der Waals surface area contributed by atoms with Crippen molar-refractivity contribution >= 4 is 102 Å². The second kappa shape index (κ2) is 4.88. The Labute approximate surface area is 145 Å². The molecule has 2 aromatic carbocycles. The highest BCUT2D eigenvalue weighted by atomic mass is 79.9. The summed E-state index contributed by atoms with van der Waals surface area (Å²) in [5.41, 5.74) is 1.68. The van der Waals surface area contributed by atoms with E-state index < -0.39 is 0 Å². The molecule has 0 aliphatic rings. The van der Waals surface area contributed by atoms with E-state index in [1.54, 1.807) is 0 Å². The highest BCUT2D eigenvalue weighted by Gasteiger charge is 2.17. The zero-order valence-electron chi connectivity index (χ0n) is 8.53. The molecule has 0 saturated heterocycles. The first kappa shape index (κ1) is 13.6. The largest absolute Gasteiger partial charge is 0.456 e. The number of fused-ring (bicyclic) bond motifs is 3. The highest BCUT2D eigenvalue weighted by Crippen LogP contribution is 2.44. The van der Waals surface area contributed by atoms with Crippen molar-refractivity contribution in [2.45, 2.75) is 0 Å². The Balaban J connectivity index is 2.62. The maximum Gasteiger partial charge on any atom is 0.137 e. The van der Waals surface area contributed by atoms with Crippen LogP contribution in [0.4, 0.5) is 0 Å². The van der Waals surface area contributed by atoms with Crippen molar-refractivity contribution in [1.29, 1.82) is 0 Å². The van der Waals surface area contributed by atoms with E-state index in [4.69, 9.17) is 4.42 Å². The summed E-state index contributed by atoms with van der Waals surface area (Å²) in [6, 6.07) is 5.94. The zero-order chi connectivity index (χ0) is 13.0. The number of rotatable bonds is 0. The summed E-state index contributed by atoms with van der Waals surface area (Å²) in [5, 5.41) is 2.12. The molecule has 6 heteroatoms. The third-order valence-electron chi connectivity index (χ3n) is 2.61. The van der Waals surface area contributed by atoms with Crippen molar-refractivity contribution < 1.29 is 4.42 Å². The predicted octanol–water partition coefficient (Wildman–Crippen LogP) is 7.40. The molecule has 0 saturated carbocycles. The van der Waals surface area contributed by atoms with Gasteiger partial charge in [0.25, 0.3) is 0 Å². The second-order valence-corrected chi connectivity index (χ2v) is 7.93. The molecule has 0 aliphatic carbocycles. The molecule has 0 fully saturated rings. The van der Waals surface area contributed by atoms with Gasteiger partial charge in [0.05, 0.1) is 0 Å². The molecule has 1 heterocycles. The Bertz CT molecular complexity index is 790. The molecule has 0 spiro atoms. The van der Waals surface area contributed by atoms with Crippen LogP contribution in [0.25, 0.3) is 21.9 Å². The van der Waals surface area contributed by atoms with Gasteiger partial charge >= 0.3 is 0 Å². The van der Waals surface area contributed by atoms with Crippen LogP contribution < -0.4 is 0 Å². The lowest BCUT2D eigenvalue weighted by molar-refractivity contribution is 0.668. The van der Waals surface area contributed by atoms with Gasteiger partial charge in [0.1, 0.15) is 11.2 Å². The second-order valence-electron chi connectivity index (χ2n) is 3.72. The first-order chi connectivity index (χ1) is 8.49. The minimum absolute atomic E-state index is 0.839. The topological polar surface area (TPSA) is 13.1 Å². The van der Waals surface area contributed by atoms with Crippen LogP contribution in [0.15, 0.2) is 45.0 Å². The first-order valence-electron chi connectivity index (χ1n) is 4.84. The zero-order valence-corrected chi connectivity index (χ0v) is 16.5. The van der Waals surface area contributed by atoms with Crippen molar-refractivity contribution in [3.63, 3.8) is 0 Å². The van der Waals surface area contributed by atoms with Crippen LogP contribution in [-0.2, 0) is 0 Å². The van der Waals surface area contributed by atoms with Crippen molar-refractivity contribution in [1.82, 2.24) is 0 Å². The Kier molecular flexibility index (Phi) is 3.69. The van der Waals surface area contributed by atoms with Crippen molar-refractivity contribution in [3.05, 3.63) is 40.6 Å². The summed E-state index contributed by atoms with van der Waals surface area (Å²) in [6.45, 7) is 0. The van der Waals surface area contributed by atoms with Gasteiger partial charge in [-0.3, -0.25) is 0 Å². The fraction of sp³-hybridized carbons (Fsp3) is 0. The third kappa shape index (κ3) is 2.04. The number of furan rings is 1. The lowest BCUT2D eigenvalue weighted by Gasteiger charge is -2.02. The first-order valence-corrected chi connectivity index (χ1v) is 8.80. The Morgan fingerprint density at radius 3 is 2.06 bits per heavy atom. The van der Waals surface area contributed by atoms with Crippen molar-refractivity contribution in [2.75, 3.05) is 0 Å². The van der Waals surface area contributed by atoms with Gasteiger partial charge in [0.2, 0.25) is 0 Å². The SMILES string of the molecule is Brc1cc(Br)c2c(c1)oc1cc(Br)c(Br)c(Br)c12. The van der Waals surface area contributed by atoms with Gasteiger partial charge in [-0.05, 0) is 81.9 Å². The average Bonchev–Trinajstić information content (AvgIpc) is 2.64. The molecule has 0 unspecified atom stereocenters. The Morgan fingerprint density at radius 1 is 0.667 bits per heavy atom. The lowest BCUT2D eigenvalue weighted by Crippen LogP contribution is -1.76. The van der Waals surface area contributed by atoms with E-state index in [1.807, 2.05) is 18.2 Å². The van der Waals surface area contributed by atoms with Crippen molar-refractivity contribution in [2.24, 2.45) is 0 Å². The molecule has 3 aromatic rings. The van der Waals surface area contributed by atoms with E-state index in [0.717, 1.165) is 44.3 Å². The molecule has 0 atom stereocenters. The Hall–Kier alpha value is 0.640. The summed E-state index contributed by atoms with van der Waals surface area (Å²) < 4.78 is 10.8. The van der Waals surface area contributed by atoms with Gasteiger partial charge in [-0.2, -0.15) is 0 Å². The molecule has 0 radical (unpaired) electrons. The molecular weight excluding hydrogens is 560 g/mol. The maximum atomic E-state index is 5.89. The van der Waals surface area contributed by atoms with Crippen LogP contribution in [0.1, 0.15) is 0 Å². The molecular formula is C12H3Br5O. The quantitative estimate of drug-likeness (QED) is 0.260. The van der Waals surface area contributed by atoms with E-state index in [0.29, 0.717) is 0 Å². The molecule has 0 bridgehead atoms. The van der Waals surface area contributed by atoms with Crippen LogP contribution in [0.3, 0.4) is 0 Å². The number of hydrogen-bond donors (Lipinski definition) is 0. The van der Waals surface area contributed by atoms with Gasteiger partial charge in [0.15, 0.2) is 0 Å². The van der Waals surface area contributed by atoms with E-state index in [1.165, 1.54) is 0 Å². The molecule has 1 aromatic heterocycles. The maximum absolute atomic E-state index is 5.89. The molecule has 1 nitrogen and oxygen atoms in total. The minimum atomic E-state index is 0.839. The average molecular weight is 563 g/mol. The molecule has 3 rings (SSSR count). The number of benzene rings is 2. The number of hydrogen-bond acceptors (Lipinski definition) is 1. The van der Waals surface area contributed by atoms with E-state index in [9.17, 15) is 0 Å². The van der Waals surface area contributed by atoms with Crippen LogP contribution in [-0.4, -0.2) is 0 Å². The summed E-state index contributed by atoms with van der Waals surface area (Å²) >= 11 is 17.7. The summed E-state index contributed by atoms with van der Waals surface area (Å²) in [5.74, 6) is 0. The van der Waals surface area contributed by atoms with Crippen LogP contribution in [0.5, 0.6) is 0 Å². The monoisotopic (exact) mass is 558 g/mol. The van der Waals surface area contributed by atoms with E-state index in [-0.39, 0.29) is 0 Å². The van der Waals surface area contributed by atoms with E-state index in [2.05, 4.69) is 79.6 Å². The standard InChI is InChI=1S/C12H3Br5O/c13-4-1-5(14)9-7(2-4)18-8-3-6(15)11(16)12(17)10(8)9/h1-3H. The third-order valence-corrected chi connectivity index (χ3v) is 7.00. The van der Waals surface area contributed by atoms with Gasteiger partial charge < -0.3 is 4.42 Å². The normalized spacial score (nSPS) is 11.6. The predicted molar refractivity (Wildman–Crippen MR) is 92.2 cm³/mol. The molecule has 0 N–H and O–H groups in total. The molecule has 92 valence electrons. The Morgan fingerprint density at radius 2 is 1.33 bits per heavy atom. The lowest BCUT2D eigenvalue weighted by atomic mass is 10.1. The van der Waals surface area contributed by atoms with Crippen molar-refractivity contribution in [3.8, 4) is 0 Å². The smallest absolute Gasteiger partial charge is 0.137 e. The minimum Gasteiger partial charge on any atom is -0.456 e. The fourth-order valence-corrected chi connectivity index (χ4v) is 4.85. The fourth-order valence-electron chi connectivity index (χ4n) is 1.88. The van der Waals surface area contributed by atoms with Gasteiger partial charge in [-0.1, -0.05) is 15.9 Å². The summed E-state index contributed by atoms with van der Waals surface area (Å²) in [6.07, 6.45) is 0. The van der Waals surface area contributed by atoms with Crippen LogP contribution in [0.2, 0.25) is 0 Å². The summed E-state index contributed by atoms with van der Waals surface area (Å²) in [7, 11) is 0. The van der Waals surface area contributed by atoms with Crippen LogP contribution >= 0.6 is 79.6 Å². The van der Waals surface area contributed by atoms with E-state index >= 15 is 0 Å². The highest BCUT2D eigenvalue weighted by molar-refractivity contribution is 9.14. The van der Waals surface area contributed by atoms with Gasteiger partial charge in [0, 0.05) is 33.1 Å². The number of halogens is 5. The molecule has 0 aliphatic heterocycles. The summed E-state index contributed by atoms with van der Waals surface area (Å²) in [4.78, 5) is 0. The van der Waals surface area contributed by atoms with Crippen LogP contribution in [0, 0.1) is 0 Å². The molecule has 18 heavy (non-hydrogen) atoms.